The average molecular weight is 417 g/mol. The van der Waals surface area contributed by atoms with Gasteiger partial charge >= 0.3 is 6.03 Å². The Morgan fingerprint density at radius 1 is 1.19 bits per heavy atom. The van der Waals surface area contributed by atoms with E-state index in [1.54, 1.807) is 17.0 Å². The highest BCUT2D eigenvalue weighted by molar-refractivity contribution is 7.89. The quantitative estimate of drug-likeness (QED) is 0.726. The summed E-state index contributed by atoms with van der Waals surface area (Å²) in [6.07, 6.45) is 0.458. The van der Waals surface area contributed by atoms with Crippen LogP contribution in [0, 0.1) is 5.92 Å². The van der Waals surface area contributed by atoms with Gasteiger partial charge in [0.2, 0.25) is 15.9 Å². The lowest BCUT2D eigenvalue weighted by Gasteiger charge is -2.36. The SMILES string of the molecule is CC(C)C[C@H](NC(N)=O)C(=O)N1CCN(S(=O)(=O)c2ccccc2Cl)CC1. The molecule has 0 aliphatic carbocycles. The number of amides is 3. The number of nitrogens with zero attached hydrogens (tertiary/aromatic N) is 2. The van der Waals surface area contributed by atoms with Gasteiger partial charge in [0, 0.05) is 26.2 Å². The number of carbonyl (C=O) groups excluding carboxylic acids is 2. The van der Waals surface area contributed by atoms with Crippen molar-refractivity contribution in [2.75, 3.05) is 26.2 Å². The number of benzene rings is 1. The fraction of sp³-hybridized carbons (Fsp3) is 0.529. The molecule has 1 aromatic carbocycles. The van der Waals surface area contributed by atoms with E-state index < -0.39 is 22.1 Å². The van der Waals surface area contributed by atoms with E-state index in [1.165, 1.54) is 16.4 Å². The molecule has 0 saturated carbocycles. The van der Waals surface area contributed by atoms with Gasteiger partial charge in [0.15, 0.2) is 0 Å². The number of primary amides is 1. The Hall–Kier alpha value is -1.84. The number of hydrogen-bond acceptors (Lipinski definition) is 4. The van der Waals surface area contributed by atoms with Crippen molar-refractivity contribution < 1.29 is 18.0 Å². The van der Waals surface area contributed by atoms with Gasteiger partial charge in [-0.05, 0) is 24.5 Å². The summed E-state index contributed by atoms with van der Waals surface area (Å²) < 4.78 is 26.9. The lowest BCUT2D eigenvalue weighted by Crippen LogP contribution is -2.56. The summed E-state index contributed by atoms with van der Waals surface area (Å²) in [6.45, 7) is 4.66. The molecule has 1 fully saturated rings. The lowest BCUT2D eigenvalue weighted by molar-refractivity contribution is -0.134. The summed E-state index contributed by atoms with van der Waals surface area (Å²) in [5.41, 5.74) is 5.17. The minimum absolute atomic E-state index is 0.0551. The summed E-state index contributed by atoms with van der Waals surface area (Å²) in [6, 6.07) is 4.80. The molecule has 0 unspecified atom stereocenters. The van der Waals surface area contributed by atoms with Gasteiger partial charge in [-0.1, -0.05) is 37.6 Å². The first-order chi connectivity index (χ1) is 12.6. The highest BCUT2D eigenvalue weighted by Gasteiger charge is 2.33. The largest absolute Gasteiger partial charge is 0.352 e. The maximum absolute atomic E-state index is 12.8. The molecular weight excluding hydrogens is 392 g/mol. The standard InChI is InChI=1S/C17H25ClN4O4S/c1-12(2)11-14(20-17(19)24)16(23)21-7-9-22(10-8-21)27(25,26)15-6-4-3-5-13(15)18/h3-6,12,14H,7-11H2,1-2H3,(H3,19,20,24)/t14-/m0/s1. The van der Waals surface area contributed by atoms with Gasteiger partial charge in [-0.15, -0.1) is 0 Å². The van der Waals surface area contributed by atoms with Crippen molar-refractivity contribution in [1.29, 1.82) is 0 Å². The van der Waals surface area contributed by atoms with E-state index in [0.717, 1.165) is 0 Å². The molecule has 3 amide bonds. The Morgan fingerprint density at radius 3 is 2.30 bits per heavy atom. The second-order valence-electron chi connectivity index (χ2n) is 6.85. The molecule has 27 heavy (non-hydrogen) atoms. The highest BCUT2D eigenvalue weighted by Crippen LogP contribution is 2.25. The topological polar surface area (TPSA) is 113 Å². The monoisotopic (exact) mass is 416 g/mol. The lowest BCUT2D eigenvalue weighted by atomic mass is 10.0. The van der Waals surface area contributed by atoms with Crippen LogP contribution in [0.25, 0.3) is 0 Å². The van der Waals surface area contributed by atoms with Crippen molar-refractivity contribution in [2.45, 2.75) is 31.2 Å². The number of nitrogens with one attached hydrogen (secondary N) is 1. The van der Waals surface area contributed by atoms with Gasteiger partial charge in [-0.2, -0.15) is 4.31 Å². The number of rotatable bonds is 6. The number of halogens is 1. The molecule has 1 aliphatic rings. The highest BCUT2D eigenvalue weighted by atomic mass is 35.5. The molecule has 1 heterocycles. The second-order valence-corrected chi connectivity index (χ2v) is 9.16. The maximum Gasteiger partial charge on any atom is 0.312 e. The summed E-state index contributed by atoms with van der Waals surface area (Å²) in [5.74, 6) is -0.0648. The summed E-state index contributed by atoms with van der Waals surface area (Å²) in [5, 5.41) is 2.65. The van der Waals surface area contributed by atoms with Crippen LogP contribution in [0.3, 0.4) is 0 Å². The van der Waals surface area contributed by atoms with Crippen LogP contribution in [0.4, 0.5) is 4.79 Å². The van der Waals surface area contributed by atoms with Crippen molar-refractivity contribution in [3.05, 3.63) is 29.3 Å². The number of piperazine rings is 1. The third kappa shape index (κ3) is 5.33. The van der Waals surface area contributed by atoms with Gasteiger partial charge in [0.25, 0.3) is 0 Å². The Morgan fingerprint density at radius 2 is 1.78 bits per heavy atom. The van der Waals surface area contributed by atoms with Crippen molar-refractivity contribution in [2.24, 2.45) is 11.7 Å². The van der Waals surface area contributed by atoms with Crippen molar-refractivity contribution >= 4 is 33.6 Å². The molecule has 1 saturated heterocycles. The molecule has 1 aliphatic heterocycles. The molecule has 2 rings (SSSR count). The third-order valence-electron chi connectivity index (χ3n) is 4.33. The van der Waals surface area contributed by atoms with E-state index in [1.807, 2.05) is 13.8 Å². The molecule has 1 atom stereocenters. The molecule has 150 valence electrons. The van der Waals surface area contributed by atoms with Crippen LogP contribution >= 0.6 is 11.6 Å². The fourth-order valence-electron chi connectivity index (χ4n) is 3.03. The first-order valence-corrected chi connectivity index (χ1v) is 10.5. The minimum Gasteiger partial charge on any atom is -0.352 e. The van der Waals surface area contributed by atoms with Crippen molar-refractivity contribution in [3.8, 4) is 0 Å². The third-order valence-corrected chi connectivity index (χ3v) is 6.72. The predicted molar refractivity (Wildman–Crippen MR) is 103 cm³/mol. The van der Waals surface area contributed by atoms with Crippen LogP contribution in [-0.4, -0.2) is 61.8 Å². The van der Waals surface area contributed by atoms with E-state index in [-0.39, 0.29) is 47.9 Å². The molecule has 0 bridgehead atoms. The van der Waals surface area contributed by atoms with Gasteiger partial charge < -0.3 is 16.0 Å². The fourth-order valence-corrected chi connectivity index (χ4v) is 4.94. The minimum atomic E-state index is -3.73. The molecule has 10 heteroatoms. The summed E-state index contributed by atoms with van der Waals surface area (Å²) in [4.78, 5) is 25.5. The van der Waals surface area contributed by atoms with E-state index in [9.17, 15) is 18.0 Å². The molecule has 0 radical (unpaired) electrons. The van der Waals surface area contributed by atoms with Crippen LogP contribution in [0.15, 0.2) is 29.2 Å². The number of carbonyl (C=O) groups is 2. The van der Waals surface area contributed by atoms with Crippen LogP contribution in [0.1, 0.15) is 20.3 Å². The van der Waals surface area contributed by atoms with E-state index in [4.69, 9.17) is 17.3 Å². The first-order valence-electron chi connectivity index (χ1n) is 8.72. The molecule has 1 aromatic rings. The number of sulfonamides is 1. The number of urea groups is 1. The zero-order valence-electron chi connectivity index (χ0n) is 15.4. The van der Waals surface area contributed by atoms with Crippen LogP contribution in [-0.2, 0) is 14.8 Å². The van der Waals surface area contributed by atoms with Gasteiger partial charge in [0.1, 0.15) is 10.9 Å². The summed E-state index contributed by atoms with van der Waals surface area (Å²) in [7, 11) is -3.73. The van der Waals surface area contributed by atoms with E-state index in [0.29, 0.717) is 6.42 Å². The zero-order chi connectivity index (χ0) is 20.2. The molecular formula is C17H25ClN4O4S. The molecule has 0 aromatic heterocycles. The van der Waals surface area contributed by atoms with Crippen LogP contribution in [0.2, 0.25) is 5.02 Å². The van der Waals surface area contributed by atoms with Crippen LogP contribution < -0.4 is 11.1 Å². The normalized spacial score (nSPS) is 17.0. The van der Waals surface area contributed by atoms with Crippen LogP contribution in [0.5, 0.6) is 0 Å². The number of hydrogen-bond donors (Lipinski definition) is 2. The molecule has 3 N–H and O–H groups in total. The van der Waals surface area contributed by atoms with Gasteiger partial charge in [-0.3, -0.25) is 4.79 Å². The smallest absolute Gasteiger partial charge is 0.312 e. The van der Waals surface area contributed by atoms with Crippen molar-refractivity contribution in [3.63, 3.8) is 0 Å². The van der Waals surface area contributed by atoms with E-state index >= 15 is 0 Å². The second kappa shape index (κ2) is 8.90. The Labute approximate surface area is 164 Å². The molecule has 0 spiro atoms. The van der Waals surface area contributed by atoms with Gasteiger partial charge in [0.05, 0.1) is 5.02 Å². The van der Waals surface area contributed by atoms with Crippen molar-refractivity contribution in [1.82, 2.24) is 14.5 Å². The molecule has 8 nitrogen and oxygen atoms in total. The van der Waals surface area contributed by atoms with Gasteiger partial charge in [-0.25, -0.2) is 13.2 Å². The predicted octanol–water partition coefficient (Wildman–Crippen LogP) is 1.26. The Kier molecular flexibility index (Phi) is 7.07. The Balaban J connectivity index is 2.06. The Bertz CT molecular complexity index is 792. The average Bonchev–Trinajstić information content (AvgIpc) is 2.60. The first kappa shape index (κ1) is 21.5. The van der Waals surface area contributed by atoms with E-state index in [2.05, 4.69) is 5.32 Å². The summed E-state index contributed by atoms with van der Waals surface area (Å²) >= 11 is 6.02. The number of nitrogens with two attached hydrogens (primary N) is 1. The maximum atomic E-state index is 12.8. The zero-order valence-corrected chi connectivity index (χ0v) is 17.0.